The second-order valence-corrected chi connectivity index (χ2v) is 5.37. The van der Waals surface area contributed by atoms with E-state index in [1.807, 2.05) is 6.92 Å². The highest BCUT2D eigenvalue weighted by molar-refractivity contribution is 5.06. The van der Waals surface area contributed by atoms with E-state index in [-0.39, 0.29) is 6.10 Å². The fourth-order valence-electron chi connectivity index (χ4n) is 3.54. The van der Waals surface area contributed by atoms with Gasteiger partial charge in [0.2, 0.25) is 0 Å². The van der Waals surface area contributed by atoms with Crippen LogP contribution in [-0.4, -0.2) is 11.2 Å². The molecule has 0 heterocycles. The van der Waals surface area contributed by atoms with Crippen LogP contribution in [0.3, 0.4) is 0 Å². The zero-order valence-corrected chi connectivity index (χ0v) is 8.92. The molecule has 0 aromatic rings. The molecule has 0 spiro atoms. The topological polar surface area (TPSA) is 20.2 Å². The first-order chi connectivity index (χ1) is 6.15. The van der Waals surface area contributed by atoms with Gasteiger partial charge in [0.05, 0.1) is 6.10 Å². The number of aliphatic hydroxyl groups excluding tert-OH is 1. The van der Waals surface area contributed by atoms with Gasteiger partial charge >= 0.3 is 0 Å². The number of rotatable bonds is 3. The van der Waals surface area contributed by atoms with E-state index < -0.39 is 0 Å². The van der Waals surface area contributed by atoms with Crippen molar-refractivity contribution in [2.75, 3.05) is 0 Å². The van der Waals surface area contributed by atoms with Gasteiger partial charge in [0.15, 0.2) is 0 Å². The van der Waals surface area contributed by atoms with Crippen molar-refractivity contribution in [3.05, 3.63) is 0 Å². The summed E-state index contributed by atoms with van der Waals surface area (Å²) in [5.74, 6) is 1.77. The standard InChI is InChI=1S/C12H22O/c1-9(7-10(2)13)12-6-4-3-5-11(12)8-12/h9-11,13H,3-8H2,1-2H3/t9-,10-,11+,12-/m1/s1. The van der Waals surface area contributed by atoms with Crippen molar-refractivity contribution < 1.29 is 5.11 Å². The molecule has 0 radical (unpaired) electrons. The second kappa shape index (κ2) is 3.27. The van der Waals surface area contributed by atoms with Crippen molar-refractivity contribution in [1.82, 2.24) is 0 Å². The summed E-state index contributed by atoms with van der Waals surface area (Å²) < 4.78 is 0. The molecule has 1 nitrogen and oxygen atoms in total. The fraction of sp³-hybridized carbons (Fsp3) is 1.00. The summed E-state index contributed by atoms with van der Waals surface area (Å²) in [6.45, 7) is 4.27. The van der Waals surface area contributed by atoms with Crippen LogP contribution in [-0.2, 0) is 0 Å². The van der Waals surface area contributed by atoms with Gasteiger partial charge in [0.1, 0.15) is 0 Å². The lowest BCUT2D eigenvalue weighted by Gasteiger charge is -2.29. The molecular weight excluding hydrogens is 160 g/mol. The third kappa shape index (κ3) is 1.63. The number of hydrogen-bond acceptors (Lipinski definition) is 1. The third-order valence-corrected chi connectivity index (χ3v) is 4.40. The summed E-state index contributed by atoms with van der Waals surface area (Å²) >= 11 is 0. The van der Waals surface area contributed by atoms with Crippen molar-refractivity contribution in [2.45, 2.75) is 58.5 Å². The van der Waals surface area contributed by atoms with Crippen LogP contribution in [0.1, 0.15) is 52.4 Å². The van der Waals surface area contributed by atoms with Crippen LogP contribution in [0.15, 0.2) is 0 Å². The maximum Gasteiger partial charge on any atom is 0.0514 e. The normalized spacial score (nSPS) is 42.2. The van der Waals surface area contributed by atoms with E-state index in [1.54, 1.807) is 0 Å². The minimum atomic E-state index is -0.104. The lowest BCUT2D eigenvalue weighted by atomic mass is 9.77. The Balaban J connectivity index is 1.92. The molecule has 0 unspecified atom stereocenters. The van der Waals surface area contributed by atoms with Gasteiger partial charge in [-0.2, -0.15) is 0 Å². The van der Waals surface area contributed by atoms with E-state index in [4.69, 9.17) is 0 Å². The van der Waals surface area contributed by atoms with Crippen LogP contribution in [0.4, 0.5) is 0 Å². The Morgan fingerprint density at radius 2 is 2.15 bits per heavy atom. The summed E-state index contributed by atoms with van der Waals surface area (Å²) in [7, 11) is 0. The van der Waals surface area contributed by atoms with Gasteiger partial charge in [-0.1, -0.05) is 19.8 Å². The van der Waals surface area contributed by atoms with E-state index in [1.165, 1.54) is 32.1 Å². The molecule has 13 heavy (non-hydrogen) atoms. The van der Waals surface area contributed by atoms with Crippen molar-refractivity contribution >= 4 is 0 Å². The largest absolute Gasteiger partial charge is 0.393 e. The Kier molecular flexibility index (Phi) is 2.39. The van der Waals surface area contributed by atoms with Crippen LogP contribution in [0.2, 0.25) is 0 Å². The minimum Gasteiger partial charge on any atom is -0.393 e. The summed E-state index contributed by atoms with van der Waals surface area (Å²) in [6.07, 6.45) is 8.15. The van der Waals surface area contributed by atoms with Gasteiger partial charge in [-0.3, -0.25) is 0 Å². The van der Waals surface area contributed by atoms with Gasteiger partial charge in [-0.15, -0.1) is 0 Å². The highest BCUT2D eigenvalue weighted by Crippen LogP contribution is 2.66. The molecule has 0 aromatic heterocycles. The number of aliphatic hydroxyl groups is 1. The smallest absolute Gasteiger partial charge is 0.0514 e. The molecule has 0 aromatic carbocycles. The van der Waals surface area contributed by atoms with Crippen LogP contribution in [0.25, 0.3) is 0 Å². The first-order valence-electron chi connectivity index (χ1n) is 5.83. The second-order valence-electron chi connectivity index (χ2n) is 5.37. The van der Waals surface area contributed by atoms with Crippen molar-refractivity contribution in [2.24, 2.45) is 17.3 Å². The first kappa shape index (κ1) is 9.51. The number of hydrogen-bond donors (Lipinski definition) is 1. The zero-order valence-electron chi connectivity index (χ0n) is 8.92. The van der Waals surface area contributed by atoms with Crippen LogP contribution < -0.4 is 0 Å². The Bertz CT molecular complexity index is 188. The summed E-state index contributed by atoms with van der Waals surface area (Å²) in [5, 5.41) is 9.39. The molecule has 1 heteroatoms. The Labute approximate surface area is 81.5 Å². The van der Waals surface area contributed by atoms with E-state index in [0.717, 1.165) is 18.3 Å². The molecule has 76 valence electrons. The molecule has 2 fully saturated rings. The molecule has 1 N–H and O–H groups in total. The molecule has 2 rings (SSSR count). The fourth-order valence-corrected chi connectivity index (χ4v) is 3.54. The monoisotopic (exact) mass is 182 g/mol. The zero-order chi connectivity index (χ0) is 9.47. The lowest BCUT2D eigenvalue weighted by Crippen LogP contribution is -2.22. The van der Waals surface area contributed by atoms with Gasteiger partial charge in [-0.25, -0.2) is 0 Å². The SMILES string of the molecule is C[C@H](C[C@@H](C)O)[C@]12CCCC[C@H]1C2. The molecule has 2 aliphatic carbocycles. The molecule has 2 saturated carbocycles. The first-order valence-corrected chi connectivity index (χ1v) is 5.83. The molecule has 2 aliphatic rings. The van der Waals surface area contributed by atoms with E-state index in [0.29, 0.717) is 5.41 Å². The Morgan fingerprint density at radius 3 is 2.77 bits per heavy atom. The predicted octanol–water partition coefficient (Wildman–Crippen LogP) is 2.97. The molecule has 0 amide bonds. The van der Waals surface area contributed by atoms with Crippen LogP contribution in [0, 0.1) is 17.3 Å². The Morgan fingerprint density at radius 1 is 1.38 bits per heavy atom. The Hall–Kier alpha value is -0.0400. The highest BCUT2D eigenvalue weighted by Gasteiger charge is 2.57. The quantitative estimate of drug-likeness (QED) is 0.711. The van der Waals surface area contributed by atoms with Gasteiger partial charge in [0.25, 0.3) is 0 Å². The van der Waals surface area contributed by atoms with Crippen molar-refractivity contribution in [3.8, 4) is 0 Å². The van der Waals surface area contributed by atoms with Crippen molar-refractivity contribution in [1.29, 1.82) is 0 Å². The summed E-state index contributed by atoms with van der Waals surface area (Å²) in [4.78, 5) is 0. The average Bonchev–Trinajstić information content (AvgIpc) is 2.77. The van der Waals surface area contributed by atoms with Gasteiger partial charge in [0, 0.05) is 0 Å². The highest BCUT2D eigenvalue weighted by atomic mass is 16.3. The maximum absolute atomic E-state index is 9.39. The van der Waals surface area contributed by atoms with Gasteiger partial charge in [-0.05, 0) is 49.9 Å². The molecular formula is C12H22O. The van der Waals surface area contributed by atoms with E-state index in [2.05, 4.69) is 6.92 Å². The van der Waals surface area contributed by atoms with E-state index in [9.17, 15) is 5.11 Å². The average molecular weight is 182 g/mol. The third-order valence-electron chi connectivity index (χ3n) is 4.40. The maximum atomic E-state index is 9.39. The van der Waals surface area contributed by atoms with Crippen LogP contribution in [0.5, 0.6) is 0 Å². The van der Waals surface area contributed by atoms with E-state index >= 15 is 0 Å². The summed E-state index contributed by atoms with van der Waals surface area (Å²) in [6, 6.07) is 0. The lowest BCUT2D eigenvalue weighted by molar-refractivity contribution is 0.123. The predicted molar refractivity (Wildman–Crippen MR) is 54.5 cm³/mol. The number of fused-ring (bicyclic) bond motifs is 1. The van der Waals surface area contributed by atoms with Crippen molar-refractivity contribution in [3.63, 3.8) is 0 Å². The van der Waals surface area contributed by atoms with Crippen LogP contribution >= 0.6 is 0 Å². The summed E-state index contributed by atoms with van der Waals surface area (Å²) in [5.41, 5.74) is 0.676. The minimum absolute atomic E-state index is 0.104. The molecule has 4 atom stereocenters. The van der Waals surface area contributed by atoms with Gasteiger partial charge < -0.3 is 5.11 Å². The molecule has 0 saturated heterocycles. The molecule has 0 aliphatic heterocycles. The molecule has 0 bridgehead atoms.